The van der Waals surface area contributed by atoms with Crippen LogP contribution in [-0.4, -0.2) is 53.2 Å². The van der Waals surface area contributed by atoms with Gasteiger partial charge in [-0.3, -0.25) is 0 Å². The van der Waals surface area contributed by atoms with Crippen molar-refractivity contribution >= 4 is 21.8 Å². The van der Waals surface area contributed by atoms with E-state index in [0.29, 0.717) is 43.7 Å². The van der Waals surface area contributed by atoms with E-state index in [-0.39, 0.29) is 0 Å². The molecule has 7 rings (SSSR count). The Morgan fingerprint density at radius 1 is 0.235 bits per heavy atom. The van der Waals surface area contributed by atoms with E-state index in [9.17, 15) is 0 Å². The number of hydrogen-bond donors (Lipinski definition) is 0. The molecule has 0 aliphatic rings. The molecule has 102 heavy (non-hydrogen) atoms. The number of ether oxygens (including phenoxy) is 5. The lowest BCUT2D eigenvalue weighted by atomic mass is 10.0. The van der Waals surface area contributed by atoms with Crippen molar-refractivity contribution in [3.63, 3.8) is 0 Å². The van der Waals surface area contributed by atoms with Crippen molar-refractivity contribution in [2.45, 2.75) is 356 Å². The van der Waals surface area contributed by atoms with Crippen LogP contribution in [0.25, 0.3) is 67.2 Å². The molecule has 0 bridgehead atoms. The first-order chi connectivity index (χ1) is 50.5. The number of unbranched alkanes of at least 4 members (excludes halogenated alkanes) is 45. The van der Waals surface area contributed by atoms with E-state index in [1.807, 2.05) is 18.2 Å². The lowest BCUT2D eigenvalue weighted by molar-refractivity contribution is 0.258. The zero-order valence-corrected chi connectivity index (χ0v) is 65.3. The molecule has 0 saturated carbocycles. The van der Waals surface area contributed by atoms with Gasteiger partial charge >= 0.3 is 0 Å². The molecule has 2 heterocycles. The van der Waals surface area contributed by atoms with Crippen molar-refractivity contribution in [2.75, 3.05) is 33.0 Å². The van der Waals surface area contributed by atoms with E-state index in [2.05, 4.69) is 118 Å². The number of benzene rings is 5. The maximum absolute atomic E-state index is 6.83. The van der Waals surface area contributed by atoms with Crippen LogP contribution in [0.2, 0.25) is 0 Å². The molecule has 0 aliphatic heterocycles. The Bertz CT molecular complexity index is 3270. The molecule has 0 aliphatic carbocycles. The molecule has 0 radical (unpaired) electrons. The van der Waals surface area contributed by atoms with E-state index >= 15 is 0 Å². The summed E-state index contributed by atoms with van der Waals surface area (Å²) in [6, 6.07) is 31.4. The Morgan fingerprint density at radius 3 is 0.892 bits per heavy atom. The molecule has 10 heteroatoms. The van der Waals surface area contributed by atoms with Crippen LogP contribution in [0, 0.1) is 0 Å². The van der Waals surface area contributed by atoms with Crippen molar-refractivity contribution < 1.29 is 28.1 Å². The standard InChI is InChI=1S/C92H140N4O6/c1-6-11-16-21-26-31-36-41-46-51-66-97-82-62-58-76-71-80(57-56-77(76)72-82)91-95-96-92(102-91)81-59-63-83-84(73-81)94-90(79-61-65-86(99-68-53-48-43-38-33-28-23-18-13-8-3)88(75-79)101-70-55-50-45-40-35-30-25-20-15-10-5)89(93-83)78-60-64-85(98-67-52-47-42-37-32-27-22-17-12-7-2)87(74-78)100-69-54-49-44-39-34-29-24-19-14-9-4/h56-65,71-75H,6-55,66-70H2,1-5H3. The number of aromatic nitrogens is 4. The predicted octanol–water partition coefficient (Wildman–Crippen LogP) is 29.3. The fourth-order valence-corrected chi connectivity index (χ4v) is 14.1. The Morgan fingerprint density at radius 2 is 0.520 bits per heavy atom. The average molecular weight is 1400 g/mol. The fourth-order valence-electron chi connectivity index (χ4n) is 14.1. The summed E-state index contributed by atoms with van der Waals surface area (Å²) in [5, 5.41) is 11.4. The summed E-state index contributed by atoms with van der Waals surface area (Å²) >= 11 is 0. The van der Waals surface area contributed by atoms with Gasteiger partial charge in [0.2, 0.25) is 11.8 Å². The Hall–Kier alpha value is -6.16. The van der Waals surface area contributed by atoms with Gasteiger partial charge in [-0.05, 0) is 122 Å². The van der Waals surface area contributed by atoms with Gasteiger partial charge < -0.3 is 28.1 Å². The van der Waals surface area contributed by atoms with Gasteiger partial charge in [0, 0.05) is 22.3 Å². The zero-order valence-electron chi connectivity index (χ0n) is 65.3. The zero-order chi connectivity index (χ0) is 71.4. The number of fused-ring (bicyclic) bond motifs is 2. The minimum Gasteiger partial charge on any atom is -0.494 e. The van der Waals surface area contributed by atoms with Gasteiger partial charge in [-0.2, -0.15) is 0 Å². The van der Waals surface area contributed by atoms with E-state index in [1.165, 1.54) is 276 Å². The van der Waals surface area contributed by atoms with E-state index < -0.39 is 0 Å². The van der Waals surface area contributed by atoms with Crippen molar-refractivity contribution in [3.05, 3.63) is 91.0 Å². The molecule has 0 atom stereocenters. The van der Waals surface area contributed by atoms with Crippen molar-refractivity contribution in [3.8, 4) is 74.2 Å². The molecular weight excluding hydrogens is 1260 g/mol. The third-order valence-corrected chi connectivity index (χ3v) is 20.6. The maximum Gasteiger partial charge on any atom is 0.248 e. The minimum atomic E-state index is 0.416. The van der Waals surface area contributed by atoms with Gasteiger partial charge in [-0.1, -0.05) is 336 Å². The molecule has 7 aromatic rings. The van der Waals surface area contributed by atoms with Gasteiger partial charge in [0.25, 0.3) is 0 Å². The molecule has 2 aromatic heterocycles. The van der Waals surface area contributed by atoms with Crippen LogP contribution in [0.3, 0.4) is 0 Å². The van der Waals surface area contributed by atoms with Crippen molar-refractivity contribution in [2.24, 2.45) is 0 Å². The second-order valence-electron chi connectivity index (χ2n) is 29.7. The molecule has 0 amide bonds. The third kappa shape index (κ3) is 32.9. The van der Waals surface area contributed by atoms with Gasteiger partial charge in [-0.15, -0.1) is 10.2 Å². The highest BCUT2D eigenvalue weighted by molar-refractivity contribution is 5.90. The van der Waals surface area contributed by atoms with E-state index in [1.54, 1.807) is 0 Å². The normalized spacial score (nSPS) is 11.6. The van der Waals surface area contributed by atoms with Crippen LogP contribution >= 0.6 is 0 Å². The molecule has 0 spiro atoms. The highest BCUT2D eigenvalue weighted by atomic mass is 16.5. The number of nitrogens with zero attached hydrogens (tertiary/aromatic N) is 4. The second kappa shape index (κ2) is 53.6. The lowest BCUT2D eigenvalue weighted by Crippen LogP contribution is -2.04. The van der Waals surface area contributed by atoms with Crippen LogP contribution in [0.1, 0.15) is 356 Å². The van der Waals surface area contributed by atoms with Crippen LogP contribution in [0.5, 0.6) is 28.7 Å². The highest BCUT2D eigenvalue weighted by Crippen LogP contribution is 2.41. The summed E-state index contributed by atoms with van der Waals surface area (Å²) in [6.45, 7) is 14.7. The quantitative estimate of drug-likeness (QED) is 0.0342. The molecule has 0 unspecified atom stereocenters. The Kier molecular flexibility index (Phi) is 43.7. The largest absolute Gasteiger partial charge is 0.494 e. The topological polar surface area (TPSA) is 111 Å². The number of hydrogen-bond acceptors (Lipinski definition) is 10. The Labute approximate surface area is 620 Å². The highest BCUT2D eigenvalue weighted by Gasteiger charge is 2.21. The van der Waals surface area contributed by atoms with Crippen LogP contribution in [0.4, 0.5) is 0 Å². The average Bonchev–Trinajstić information content (AvgIpc) is 1.000. The van der Waals surface area contributed by atoms with E-state index in [4.69, 9.17) is 38.1 Å². The summed E-state index contributed by atoms with van der Waals surface area (Å²) in [7, 11) is 0. The summed E-state index contributed by atoms with van der Waals surface area (Å²) in [5.74, 6) is 4.83. The SMILES string of the molecule is CCCCCCCCCCCCOc1ccc2cc(-c3nnc(-c4ccc5nc(-c6ccc(OCCCCCCCCCCCC)c(OCCCCCCCCCCCC)c6)c(-c6ccc(OCCCCCCCCCCCC)c(OCCCCCCCCCCCC)c6)nc5c4)o3)ccc2c1. The van der Waals surface area contributed by atoms with Crippen molar-refractivity contribution in [1.29, 1.82) is 0 Å². The maximum atomic E-state index is 6.83. The molecule has 0 fully saturated rings. The summed E-state index contributed by atoms with van der Waals surface area (Å²) in [4.78, 5) is 11.1. The first-order valence-electron chi connectivity index (χ1n) is 42.6. The van der Waals surface area contributed by atoms with Crippen LogP contribution in [0.15, 0.2) is 95.4 Å². The fraction of sp³-hybridized carbons (Fsp3) is 0.652. The predicted molar refractivity (Wildman–Crippen MR) is 433 cm³/mol. The molecule has 0 N–H and O–H groups in total. The van der Waals surface area contributed by atoms with Gasteiger partial charge in [-0.25, -0.2) is 9.97 Å². The molecule has 0 saturated heterocycles. The van der Waals surface area contributed by atoms with E-state index in [0.717, 1.165) is 130 Å². The first kappa shape index (κ1) is 83.1. The minimum absolute atomic E-state index is 0.416. The van der Waals surface area contributed by atoms with Gasteiger partial charge in [0.15, 0.2) is 23.0 Å². The Balaban J connectivity index is 1.13. The molecule has 564 valence electrons. The lowest BCUT2D eigenvalue weighted by Gasteiger charge is -2.17. The number of rotatable bonds is 64. The molecule has 5 aromatic carbocycles. The van der Waals surface area contributed by atoms with Gasteiger partial charge in [0.1, 0.15) is 5.75 Å². The monoisotopic (exact) mass is 1400 g/mol. The van der Waals surface area contributed by atoms with Crippen LogP contribution < -0.4 is 23.7 Å². The summed E-state index contributed by atoms with van der Waals surface area (Å²) < 4.78 is 39.8. The van der Waals surface area contributed by atoms with Crippen molar-refractivity contribution in [1.82, 2.24) is 20.2 Å². The molecule has 10 nitrogen and oxygen atoms in total. The summed E-state index contributed by atoms with van der Waals surface area (Å²) in [5.41, 5.74) is 6.38. The smallest absolute Gasteiger partial charge is 0.248 e. The third-order valence-electron chi connectivity index (χ3n) is 20.6. The molecular formula is C92H140N4O6. The van der Waals surface area contributed by atoms with Gasteiger partial charge in [0.05, 0.1) is 55.5 Å². The summed E-state index contributed by atoms with van der Waals surface area (Å²) in [6.07, 6.45) is 64.1. The van der Waals surface area contributed by atoms with Crippen LogP contribution in [-0.2, 0) is 0 Å². The first-order valence-corrected chi connectivity index (χ1v) is 42.6. The second-order valence-corrected chi connectivity index (χ2v) is 29.7.